The van der Waals surface area contributed by atoms with Crippen molar-refractivity contribution in [2.24, 2.45) is 0 Å². The van der Waals surface area contributed by atoms with E-state index in [4.69, 9.17) is 9.47 Å². The molecule has 5 heteroatoms. The minimum absolute atomic E-state index is 0.103. The zero-order valence-corrected chi connectivity index (χ0v) is 12.2. The van der Waals surface area contributed by atoms with Crippen LogP contribution in [-0.4, -0.2) is 37.6 Å². The lowest BCUT2D eigenvalue weighted by molar-refractivity contribution is 0.0946. The molecule has 1 aromatic rings. The molecule has 1 unspecified atom stereocenters. The van der Waals surface area contributed by atoms with Crippen LogP contribution >= 0.6 is 15.9 Å². The highest BCUT2D eigenvalue weighted by Gasteiger charge is 2.13. The molecular weight excluding hydrogens is 298 g/mol. The van der Waals surface area contributed by atoms with E-state index in [0.717, 1.165) is 0 Å². The maximum atomic E-state index is 12.0. The second-order valence-corrected chi connectivity index (χ2v) is 4.99. The van der Waals surface area contributed by atoms with Crippen molar-refractivity contribution in [3.05, 3.63) is 29.8 Å². The molecule has 0 aromatic heterocycles. The minimum atomic E-state index is -0.139. The lowest BCUT2D eigenvalue weighted by atomic mass is 10.2. The van der Waals surface area contributed by atoms with Gasteiger partial charge in [0, 0.05) is 13.7 Å². The van der Waals surface area contributed by atoms with Crippen molar-refractivity contribution in [3.63, 3.8) is 0 Å². The van der Waals surface area contributed by atoms with Gasteiger partial charge in [-0.05, 0) is 19.1 Å². The Morgan fingerprint density at radius 3 is 2.83 bits per heavy atom. The van der Waals surface area contributed by atoms with Gasteiger partial charge in [0.15, 0.2) is 0 Å². The third-order valence-electron chi connectivity index (χ3n) is 2.26. The highest BCUT2D eigenvalue weighted by molar-refractivity contribution is 9.09. The quantitative estimate of drug-likeness (QED) is 0.785. The number of ether oxygens (including phenoxy) is 2. The van der Waals surface area contributed by atoms with Crippen molar-refractivity contribution in [2.45, 2.75) is 11.8 Å². The molecule has 1 atom stereocenters. The Hall–Kier alpha value is -1.07. The number of carbonyl (C=O) groups excluding carboxylic acids is 1. The van der Waals surface area contributed by atoms with Gasteiger partial charge in [0.1, 0.15) is 5.75 Å². The Kier molecular flexibility index (Phi) is 6.75. The number of benzene rings is 1. The number of hydrogen-bond donors (Lipinski definition) is 1. The molecule has 1 N–H and O–H groups in total. The predicted molar refractivity (Wildman–Crippen MR) is 74.5 cm³/mol. The van der Waals surface area contributed by atoms with Crippen LogP contribution in [-0.2, 0) is 4.74 Å². The maximum Gasteiger partial charge on any atom is 0.255 e. The highest BCUT2D eigenvalue weighted by Crippen LogP contribution is 2.17. The third kappa shape index (κ3) is 4.66. The molecule has 4 nitrogen and oxygen atoms in total. The SMILES string of the molecule is CCOc1ccccc1C(=O)NCC(Br)COC. The lowest BCUT2D eigenvalue weighted by Crippen LogP contribution is -2.31. The summed E-state index contributed by atoms with van der Waals surface area (Å²) in [5, 5.41) is 2.84. The summed E-state index contributed by atoms with van der Waals surface area (Å²) in [7, 11) is 1.63. The van der Waals surface area contributed by atoms with Crippen LogP contribution in [0.5, 0.6) is 5.75 Å². The van der Waals surface area contributed by atoms with E-state index in [1.165, 1.54) is 0 Å². The number of methoxy groups -OCH3 is 1. The summed E-state index contributed by atoms with van der Waals surface area (Å²) in [5.74, 6) is 0.468. The van der Waals surface area contributed by atoms with Crippen molar-refractivity contribution in [2.75, 3.05) is 26.9 Å². The molecule has 0 bridgehead atoms. The maximum absolute atomic E-state index is 12.0. The summed E-state index contributed by atoms with van der Waals surface area (Å²) in [6, 6.07) is 7.21. The minimum Gasteiger partial charge on any atom is -0.493 e. The van der Waals surface area contributed by atoms with Crippen LogP contribution in [0.1, 0.15) is 17.3 Å². The van der Waals surface area contributed by atoms with E-state index in [1.807, 2.05) is 19.1 Å². The van der Waals surface area contributed by atoms with E-state index >= 15 is 0 Å². The van der Waals surface area contributed by atoms with Crippen molar-refractivity contribution >= 4 is 21.8 Å². The predicted octanol–water partition coefficient (Wildman–Crippen LogP) is 2.22. The molecule has 0 heterocycles. The van der Waals surface area contributed by atoms with Gasteiger partial charge in [-0.3, -0.25) is 4.79 Å². The summed E-state index contributed by atoms with van der Waals surface area (Å²) < 4.78 is 10.4. The fourth-order valence-corrected chi connectivity index (χ4v) is 1.90. The number of hydrogen-bond acceptors (Lipinski definition) is 3. The standard InChI is InChI=1S/C13H18BrNO3/c1-3-18-12-7-5-4-6-11(12)13(16)15-8-10(14)9-17-2/h4-7,10H,3,8-9H2,1-2H3,(H,15,16). The summed E-state index contributed by atoms with van der Waals surface area (Å²) in [6.45, 7) is 3.48. The molecule has 1 rings (SSSR count). The Bertz CT molecular complexity index is 384. The van der Waals surface area contributed by atoms with Gasteiger partial charge in [-0.15, -0.1) is 0 Å². The second kappa shape index (κ2) is 8.11. The fourth-order valence-electron chi connectivity index (χ4n) is 1.47. The van der Waals surface area contributed by atoms with Gasteiger partial charge in [-0.25, -0.2) is 0 Å². The Morgan fingerprint density at radius 1 is 1.44 bits per heavy atom. The number of amides is 1. The molecule has 1 aromatic carbocycles. The molecule has 0 spiro atoms. The van der Waals surface area contributed by atoms with Gasteiger partial charge >= 0.3 is 0 Å². The zero-order chi connectivity index (χ0) is 13.4. The molecule has 0 aliphatic carbocycles. The van der Waals surface area contributed by atoms with Gasteiger partial charge < -0.3 is 14.8 Å². The molecule has 100 valence electrons. The number of para-hydroxylation sites is 1. The van der Waals surface area contributed by atoms with E-state index in [2.05, 4.69) is 21.2 Å². The Balaban J connectivity index is 2.60. The number of alkyl halides is 1. The first-order valence-electron chi connectivity index (χ1n) is 5.82. The molecule has 0 aliphatic heterocycles. The number of carbonyl (C=O) groups is 1. The Labute approximate surface area is 116 Å². The number of nitrogens with one attached hydrogen (secondary N) is 1. The van der Waals surface area contributed by atoms with E-state index < -0.39 is 0 Å². The van der Waals surface area contributed by atoms with E-state index in [9.17, 15) is 4.79 Å². The molecular formula is C13H18BrNO3. The molecule has 0 radical (unpaired) electrons. The first-order valence-corrected chi connectivity index (χ1v) is 6.73. The van der Waals surface area contributed by atoms with Gasteiger partial charge in [0.25, 0.3) is 5.91 Å². The van der Waals surface area contributed by atoms with Gasteiger partial charge in [0.05, 0.1) is 23.6 Å². The molecule has 1 amide bonds. The van der Waals surface area contributed by atoms with Gasteiger partial charge in [-0.2, -0.15) is 0 Å². The average molecular weight is 316 g/mol. The van der Waals surface area contributed by atoms with Gasteiger partial charge in [0.2, 0.25) is 0 Å². The molecule has 0 aliphatic rings. The number of rotatable bonds is 7. The smallest absolute Gasteiger partial charge is 0.255 e. The van der Waals surface area contributed by atoms with E-state index in [0.29, 0.717) is 31.1 Å². The van der Waals surface area contributed by atoms with Crippen LogP contribution in [0, 0.1) is 0 Å². The third-order valence-corrected chi connectivity index (χ3v) is 2.85. The molecule has 18 heavy (non-hydrogen) atoms. The summed E-state index contributed by atoms with van der Waals surface area (Å²) in [4.78, 5) is 12.1. The van der Waals surface area contributed by atoms with E-state index in [1.54, 1.807) is 19.2 Å². The molecule has 0 saturated carbocycles. The zero-order valence-electron chi connectivity index (χ0n) is 10.6. The van der Waals surface area contributed by atoms with Crippen molar-refractivity contribution in [1.29, 1.82) is 0 Å². The summed E-state index contributed by atoms with van der Waals surface area (Å²) in [6.07, 6.45) is 0. The lowest BCUT2D eigenvalue weighted by Gasteiger charge is -2.12. The van der Waals surface area contributed by atoms with E-state index in [-0.39, 0.29) is 10.7 Å². The monoisotopic (exact) mass is 315 g/mol. The van der Waals surface area contributed by atoms with Crippen LogP contribution in [0.2, 0.25) is 0 Å². The largest absolute Gasteiger partial charge is 0.493 e. The van der Waals surface area contributed by atoms with Crippen molar-refractivity contribution < 1.29 is 14.3 Å². The highest BCUT2D eigenvalue weighted by atomic mass is 79.9. The van der Waals surface area contributed by atoms with Crippen molar-refractivity contribution in [3.8, 4) is 5.75 Å². The number of halogens is 1. The topological polar surface area (TPSA) is 47.6 Å². The fraction of sp³-hybridized carbons (Fsp3) is 0.462. The van der Waals surface area contributed by atoms with Crippen LogP contribution in [0.4, 0.5) is 0 Å². The van der Waals surface area contributed by atoms with Crippen molar-refractivity contribution in [1.82, 2.24) is 5.32 Å². The average Bonchev–Trinajstić information content (AvgIpc) is 2.37. The first-order chi connectivity index (χ1) is 8.69. The first kappa shape index (κ1) is 15.0. The summed E-state index contributed by atoms with van der Waals surface area (Å²) in [5.41, 5.74) is 0.552. The van der Waals surface area contributed by atoms with Crippen LogP contribution in [0.3, 0.4) is 0 Å². The van der Waals surface area contributed by atoms with Crippen LogP contribution in [0.25, 0.3) is 0 Å². The summed E-state index contributed by atoms with van der Waals surface area (Å²) >= 11 is 3.42. The molecule has 0 fully saturated rings. The van der Waals surface area contributed by atoms with Crippen LogP contribution < -0.4 is 10.1 Å². The normalized spacial score (nSPS) is 11.9. The molecule has 0 saturated heterocycles. The van der Waals surface area contributed by atoms with Gasteiger partial charge in [-0.1, -0.05) is 28.1 Å². The second-order valence-electron chi connectivity index (χ2n) is 3.69. The van der Waals surface area contributed by atoms with Crippen LogP contribution in [0.15, 0.2) is 24.3 Å². The Morgan fingerprint density at radius 2 is 2.17 bits per heavy atom.